The fourth-order valence-electron chi connectivity index (χ4n) is 1.77. The smallest absolute Gasteiger partial charge is 0.210 e. The molecule has 3 rings (SSSR count). The predicted molar refractivity (Wildman–Crippen MR) is 65.1 cm³/mol. The molecule has 0 aliphatic heterocycles. The quantitative estimate of drug-likeness (QED) is 0.751. The number of pyridine rings is 1. The Labute approximate surface area is 102 Å². The summed E-state index contributed by atoms with van der Waals surface area (Å²) in [7, 11) is 0. The lowest BCUT2D eigenvalue weighted by Crippen LogP contribution is -1.95. The first-order valence-corrected chi connectivity index (χ1v) is 5.49. The zero-order valence-corrected chi connectivity index (χ0v) is 9.43. The van der Waals surface area contributed by atoms with Crippen LogP contribution in [0.3, 0.4) is 0 Å². The van der Waals surface area contributed by atoms with Crippen LogP contribution >= 0.6 is 0 Å². The molecule has 5 heteroatoms. The van der Waals surface area contributed by atoms with Gasteiger partial charge in [0.2, 0.25) is 5.89 Å². The SMILES string of the molecule is NCc1nc2nc(-c3ccccc3F)ccc2o1. The van der Waals surface area contributed by atoms with Crippen LogP contribution in [-0.4, -0.2) is 9.97 Å². The molecule has 0 saturated heterocycles. The average molecular weight is 243 g/mol. The van der Waals surface area contributed by atoms with Gasteiger partial charge in [0, 0.05) is 5.56 Å². The van der Waals surface area contributed by atoms with Gasteiger partial charge in [-0.25, -0.2) is 9.37 Å². The van der Waals surface area contributed by atoms with Crippen molar-refractivity contribution in [1.29, 1.82) is 0 Å². The molecule has 0 bridgehead atoms. The van der Waals surface area contributed by atoms with E-state index < -0.39 is 0 Å². The zero-order chi connectivity index (χ0) is 12.5. The van der Waals surface area contributed by atoms with E-state index in [1.165, 1.54) is 6.07 Å². The summed E-state index contributed by atoms with van der Waals surface area (Å²) in [5.74, 6) is 0.107. The fourth-order valence-corrected chi connectivity index (χ4v) is 1.77. The van der Waals surface area contributed by atoms with Crippen LogP contribution in [0.15, 0.2) is 40.8 Å². The van der Waals surface area contributed by atoms with E-state index in [2.05, 4.69) is 9.97 Å². The molecule has 0 saturated carbocycles. The zero-order valence-electron chi connectivity index (χ0n) is 9.43. The Balaban J connectivity index is 2.16. The molecule has 0 aliphatic carbocycles. The molecule has 0 atom stereocenters. The van der Waals surface area contributed by atoms with E-state index in [0.717, 1.165) is 0 Å². The Morgan fingerprint density at radius 1 is 1.11 bits per heavy atom. The second-order valence-corrected chi connectivity index (χ2v) is 3.81. The van der Waals surface area contributed by atoms with Crippen LogP contribution in [0.4, 0.5) is 4.39 Å². The molecule has 0 radical (unpaired) electrons. The minimum Gasteiger partial charge on any atom is -0.438 e. The van der Waals surface area contributed by atoms with Crippen molar-refractivity contribution in [3.63, 3.8) is 0 Å². The number of nitrogens with two attached hydrogens (primary N) is 1. The number of halogens is 1. The first-order valence-electron chi connectivity index (χ1n) is 5.49. The van der Waals surface area contributed by atoms with E-state index in [-0.39, 0.29) is 12.4 Å². The molecule has 1 aromatic carbocycles. The summed E-state index contributed by atoms with van der Waals surface area (Å²) >= 11 is 0. The molecule has 2 heterocycles. The summed E-state index contributed by atoms with van der Waals surface area (Å²) in [6.07, 6.45) is 0. The number of benzene rings is 1. The Morgan fingerprint density at radius 3 is 2.72 bits per heavy atom. The monoisotopic (exact) mass is 243 g/mol. The van der Waals surface area contributed by atoms with Gasteiger partial charge in [-0.3, -0.25) is 0 Å². The van der Waals surface area contributed by atoms with Crippen molar-refractivity contribution in [1.82, 2.24) is 9.97 Å². The first-order chi connectivity index (χ1) is 8.78. The Bertz CT molecular complexity index is 708. The Kier molecular flexibility index (Phi) is 2.53. The van der Waals surface area contributed by atoms with E-state index in [1.807, 2.05) is 0 Å². The average Bonchev–Trinajstić information content (AvgIpc) is 2.81. The van der Waals surface area contributed by atoms with Crippen LogP contribution in [0.1, 0.15) is 5.89 Å². The second kappa shape index (κ2) is 4.19. The van der Waals surface area contributed by atoms with Gasteiger partial charge in [-0.05, 0) is 24.3 Å². The van der Waals surface area contributed by atoms with Crippen molar-refractivity contribution in [3.05, 3.63) is 48.1 Å². The summed E-state index contributed by atoms with van der Waals surface area (Å²) in [6, 6.07) is 9.89. The third-order valence-electron chi connectivity index (χ3n) is 2.62. The van der Waals surface area contributed by atoms with Crippen molar-refractivity contribution >= 4 is 11.2 Å². The van der Waals surface area contributed by atoms with Gasteiger partial charge in [-0.15, -0.1) is 0 Å². The van der Waals surface area contributed by atoms with Crippen molar-refractivity contribution in [2.45, 2.75) is 6.54 Å². The van der Waals surface area contributed by atoms with Gasteiger partial charge in [0.05, 0.1) is 12.2 Å². The highest BCUT2D eigenvalue weighted by atomic mass is 19.1. The maximum Gasteiger partial charge on any atom is 0.210 e. The van der Waals surface area contributed by atoms with E-state index >= 15 is 0 Å². The largest absolute Gasteiger partial charge is 0.438 e. The number of oxazole rings is 1. The molecule has 2 aromatic heterocycles. The Morgan fingerprint density at radius 2 is 1.94 bits per heavy atom. The molecule has 0 spiro atoms. The molecule has 18 heavy (non-hydrogen) atoms. The van der Waals surface area contributed by atoms with Crippen LogP contribution in [-0.2, 0) is 6.54 Å². The molecular formula is C13H10FN3O. The van der Waals surface area contributed by atoms with Crippen molar-refractivity contribution in [2.24, 2.45) is 5.73 Å². The first kappa shape index (κ1) is 10.9. The number of hydrogen-bond donors (Lipinski definition) is 1. The number of nitrogens with zero attached hydrogens (tertiary/aromatic N) is 2. The van der Waals surface area contributed by atoms with E-state index in [4.69, 9.17) is 10.2 Å². The topological polar surface area (TPSA) is 64.9 Å². The molecule has 0 amide bonds. The summed E-state index contributed by atoms with van der Waals surface area (Å²) in [6.45, 7) is 0.214. The number of hydrogen-bond acceptors (Lipinski definition) is 4. The van der Waals surface area contributed by atoms with Crippen LogP contribution in [0.5, 0.6) is 0 Å². The van der Waals surface area contributed by atoms with E-state index in [1.54, 1.807) is 30.3 Å². The van der Waals surface area contributed by atoms with Crippen molar-refractivity contribution < 1.29 is 8.81 Å². The standard InChI is InChI=1S/C13H10FN3O/c14-9-4-2-1-3-8(9)10-5-6-11-13(16-10)17-12(7-15)18-11/h1-6H,7,15H2. The lowest BCUT2D eigenvalue weighted by molar-refractivity contribution is 0.533. The number of rotatable bonds is 2. The second-order valence-electron chi connectivity index (χ2n) is 3.81. The third kappa shape index (κ3) is 1.74. The van der Waals surface area contributed by atoms with Crippen LogP contribution < -0.4 is 5.73 Å². The molecule has 3 aromatic rings. The number of fused-ring (bicyclic) bond motifs is 1. The minimum atomic E-state index is -0.313. The molecular weight excluding hydrogens is 233 g/mol. The van der Waals surface area contributed by atoms with Gasteiger partial charge >= 0.3 is 0 Å². The predicted octanol–water partition coefficient (Wildman–Crippen LogP) is 2.49. The summed E-state index contributed by atoms with van der Waals surface area (Å²) in [5, 5.41) is 0. The lowest BCUT2D eigenvalue weighted by atomic mass is 10.1. The number of aromatic nitrogens is 2. The highest BCUT2D eigenvalue weighted by Crippen LogP contribution is 2.23. The highest BCUT2D eigenvalue weighted by Gasteiger charge is 2.10. The van der Waals surface area contributed by atoms with Crippen LogP contribution in [0.2, 0.25) is 0 Å². The molecule has 0 unspecified atom stereocenters. The van der Waals surface area contributed by atoms with Crippen molar-refractivity contribution in [3.8, 4) is 11.3 Å². The molecule has 4 nitrogen and oxygen atoms in total. The van der Waals surface area contributed by atoms with Gasteiger partial charge in [-0.2, -0.15) is 4.98 Å². The maximum atomic E-state index is 13.6. The molecule has 0 aliphatic rings. The molecule has 2 N–H and O–H groups in total. The fraction of sp³-hybridized carbons (Fsp3) is 0.0769. The summed E-state index contributed by atoms with van der Waals surface area (Å²) in [5.41, 5.74) is 7.40. The van der Waals surface area contributed by atoms with Gasteiger partial charge < -0.3 is 10.2 Å². The lowest BCUT2D eigenvalue weighted by Gasteiger charge is -2.00. The van der Waals surface area contributed by atoms with Crippen LogP contribution in [0, 0.1) is 5.82 Å². The molecule has 90 valence electrons. The summed E-state index contributed by atoms with van der Waals surface area (Å²) < 4.78 is 19.0. The Hall–Kier alpha value is -2.27. The molecule has 0 fully saturated rings. The van der Waals surface area contributed by atoms with E-state index in [0.29, 0.717) is 28.4 Å². The van der Waals surface area contributed by atoms with Gasteiger partial charge in [0.15, 0.2) is 11.2 Å². The normalized spacial score (nSPS) is 11.0. The highest BCUT2D eigenvalue weighted by molar-refractivity contribution is 5.73. The third-order valence-corrected chi connectivity index (χ3v) is 2.62. The maximum absolute atomic E-state index is 13.6. The van der Waals surface area contributed by atoms with Gasteiger partial charge in [0.1, 0.15) is 5.82 Å². The van der Waals surface area contributed by atoms with E-state index in [9.17, 15) is 4.39 Å². The van der Waals surface area contributed by atoms with Gasteiger partial charge in [0.25, 0.3) is 0 Å². The minimum absolute atomic E-state index is 0.214. The van der Waals surface area contributed by atoms with Crippen molar-refractivity contribution in [2.75, 3.05) is 0 Å². The summed E-state index contributed by atoms with van der Waals surface area (Å²) in [4.78, 5) is 8.40. The van der Waals surface area contributed by atoms with Crippen LogP contribution in [0.25, 0.3) is 22.5 Å². The van der Waals surface area contributed by atoms with Gasteiger partial charge in [-0.1, -0.05) is 12.1 Å².